The van der Waals surface area contributed by atoms with Gasteiger partial charge >= 0.3 is 0 Å². The van der Waals surface area contributed by atoms with Gasteiger partial charge in [-0.15, -0.1) is 0 Å². The molecular weight excluding hydrogens is 290 g/mol. The molecule has 1 amide bonds. The van der Waals surface area contributed by atoms with Gasteiger partial charge in [-0.05, 0) is 69.2 Å². The molecule has 0 spiro atoms. The first kappa shape index (κ1) is 15.0. The van der Waals surface area contributed by atoms with Crippen molar-refractivity contribution in [3.05, 3.63) is 29.3 Å². The van der Waals surface area contributed by atoms with Crippen LogP contribution in [0.5, 0.6) is 5.75 Å². The summed E-state index contributed by atoms with van der Waals surface area (Å²) in [5.74, 6) is 1.25. The zero-order valence-corrected chi connectivity index (χ0v) is 13.9. The van der Waals surface area contributed by atoms with E-state index in [9.17, 15) is 4.79 Å². The zero-order chi connectivity index (χ0) is 16.0. The lowest BCUT2D eigenvalue weighted by Crippen LogP contribution is -2.58. The molecule has 0 unspecified atom stereocenters. The average molecular weight is 315 g/mol. The fourth-order valence-corrected chi connectivity index (χ4v) is 4.06. The summed E-state index contributed by atoms with van der Waals surface area (Å²) in [5, 5.41) is 3.16. The lowest BCUT2D eigenvalue weighted by Gasteiger charge is -2.40. The van der Waals surface area contributed by atoms with E-state index in [4.69, 9.17) is 9.47 Å². The molecule has 124 valence electrons. The van der Waals surface area contributed by atoms with Crippen LogP contribution in [-0.2, 0) is 22.4 Å². The molecule has 4 nitrogen and oxygen atoms in total. The van der Waals surface area contributed by atoms with Gasteiger partial charge in [-0.25, -0.2) is 0 Å². The van der Waals surface area contributed by atoms with E-state index in [0.29, 0.717) is 12.0 Å². The molecule has 3 atom stereocenters. The third kappa shape index (κ3) is 2.74. The molecule has 1 saturated heterocycles. The van der Waals surface area contributed by atoms with E-state index in [-0.39, 0.29) is 11.9 Å². The minimum Gasteiger partial charge on any atom is -0.478 e. The van der Waals surface area contributed by atoms with E-state index < -0.39 is 5.60 Å². The molecule has 4 heteroatoms. The Morgan fingerprint density at radius 2 is 2.13 bits per heavy atom. The van der Waals surface area contributed by atoms with E-state index in [1.165, 1.54) is 17.5 Å². The Morgan fingerprint density at radius 3 is 2.96 bits per heavy atom. The number of ether oxygens (including phenoxy) is 2. The van der Waals surface area contributed by atoms with Gasteiger partial charge in [0.1, 0.15) is 5.75 Å². The van der Waals surface area contributed by atoms with Gasteiger partial charge in [0, 0.05) is 18.6 Å². The second-order valence-corrected chi connectivity index (χ2v) is 7.57. The first-order valence-corrected chi connectivity index (χ1v) is 8.76. The lowest BCUT2D eigenvalue weighted by molar-refractivity contribution is -0.137. The van der Waals surface area contributed by atoms with Crippen molar-refractivity contribution in [1.82, 2.24) is 5.32 Å². The van der Waals surface area contributed by atoms with E-state index in [0.717, 1.165) is 38.0 Å². The number of carbonyl (C=O) groups is 1. The fourth-order valence-electron chi connectivity index (χ4n) is 4.06. The van der Waals surface area contributed by atoms with Gasteiger partial charge in [-0.2, -0.15) is 0 Å². The molecule has 1 aromatic rings. The van der Waals surface area contributed by atoms with Crippen LogP contribution in [-0.4, -0.2) is 30.3 Å². The Kier molecular flexibility index (Phi) is 3.60. The van der Waals surface area contributed by atoms with E-state index in [2.05, 4.69) is 17.4 Å². The van der Waals surface area contributed by atoms with E-state index >= 15 is 0 Å². The Morgan fingerprint density at radius 1 is 1.30 bits per heavy atom. The smallest absolute Gasteiger partial charge is 0.263 e. The maximum atomic E-state index is 12.6. The largest absolute Gasteiger partial charge is 0.478 e. The molecule has 1 saturated carbocycles. The molecule has 1 N–H and O–H groups in total. The second kappa shape index (κ2) is 5.52. The molecule has 2 aliphatic carbocycles. The van der Waals surface area contributed by atoms with E-state index in [1.54, 1.807) is 0 Å². The van der Waals surface area contributed by atoms with Gasteiger partial charge in [0.2, 0.25) is 0 Å². The Balaban J connectivity index is 1.39. The SMILES string of the molecule is CC(C)(Oc1ccc2c(c1)CCC2)C(=O)N[C@H]1C[C@@H]2OCC[C@H]12. The predicted molar refractivity (Wildman–Crippen MR) is 87.6 cm³/mol. The molecule has 0 aromatic heterocycles. The summed E-state index contributed by atoms with van der Waals surface area (Å²) in [6.07, 6.45) is 5.85. The normalized spacial score (nSPS) is 28.7. The molecule has 1 aromatic carbocycles. The third-order valence-electron chi connectivity index (χ3n) is 5.57. The summed E-state index contributed by atoms with van der Waals surface area (Å²) < 4.78 is 11.6. The van der Waals surface area contributed by atoms with Crippen molar-refractivity contribution < 1.29 is 14.3 Å². The molecule has 23 heavy (non-hydrogen) atoms. The maximum Gasteiger partial charge on any atom is 0.263 e. The summed E-state index contributed by atoms with van der Waals surface area (Å²) in [4.78, 5) is 12.6. The van der Waals surface area contributed by atoms with Gasteiger partial charge < -0.3 is 14.8 Å². The summed E-state index contributed by atoms with van der Waals surface area (Å²) in [6.45, 7) is 4.52. The highest BCUT2D eigenvalue weighted by molar-refractivity contribution is 5.85. The molecular formula is C19H25NO3. The van der Waals surface area contributed by atoms with Gasteiger partial charge in [-0.3, -0.25) is 4.79 Å². The molecule has 2 fully saturated rings. The van der Waals surface area contributed by atoms with Gasteiger partial charge in [0.05, 0.1) is 6.10 Å². The number of hydrogen-bond acceptors (Lipinski definition) is 3. The molecule has 0 bridgehead atoms. The Bertz CT molecular complexity index is 625. The molecule has 4 rings (SSSR count). The van der Waals surface area contributed by atoms with Crippen LogP contribution >= 0.6 is 0 Å². The van der Waals surface area contributed by atoms with Gasteiger partial charge in [0.25, 0.3) is 5.91 Å². The Labute approximate surface area is 137 Å². The third-order valence-corrected chi connectivity index (χ3v) is 5.57. The Hall–Kier alpha value is -1.55. The van der Waals surface area contributed by atoms with E-state index in [1.807, 2.05) is 19.9 Å². The number of carbonyl (C=O) groups excluding carboxylic acids is 1. The van der Waals surface area contributed by atoms with Crippen molar-refractivity contribution in [3.8, 4) is 5.75 Å². The number of nitrogens with one attached hydrogen (secondary N) is 1. The minimum absolute atomic E-state index is 0.0339. The van der Waals surface area contributed by atoms with Crippen LogP contribution in [0.4, 0.5) is 0 Å². The number of benzene rings is 1. The van der Waals surface area contributed by atoms with Crippen LogP contribution in [0.2, 0.25) is 0 Å². The highest BCUT2D eigenvalue weighted by Crippen LogP contribution is 2.39. The average Bonchev–Trinajstić information content (AvgIpc) is 3.09. The quantitative estimate of drug-likeness (QED) is 0.929. The van der Waals surface area contributed by atoms with Gasteiger partial charge in [0.15, 0.2) is 5.60 Å². The van der Waals surface area contributed by atoms with Crippen LogP contribution in [0.15, 0.2) is 18.2 Å². The molecule has 3 aliphatic rings. The molecule has 1 heterocycles. The molecule has 0 radical (unpaired) electrons. The van der Waals surface area contributed by atoms with Crippen LogP contribution in [0, 0.1) is 5.92 Å². The minimum atomic E-state index is -0.864. The van der Waals surface area contributed by atoms with Crippen molar-refractivity contribution in [2.24, 2.45) is 5.92 Å². The fraction of sp³-hybridized carbons (Fsp3) is 0.632. The lowest BCUT2D eigenvalue weighted by atomic mass is 9.76. The maximum absolute atomic E-state index is 12.6. The number of amides is 1. The van der Waals surface area contributed by atoms with Crippen molar-refractivity contribution in [2.75, 3.05) is 6.61 Å². The monoisotopic (exact) mass is 315 g/mol. The van der Waals surface area contributed by atoms with Crippen molar-refractivity contribution in [3.63, 3.8) is 0 Å². The number of rotatable bonds is 4. The van der Waals surface area contributed by atoms with Crippen molar-refractivity contribution in [2.45, 2.75) is 63.7 Å². The highest BCUT2D eigenvalue weighted by atomic mass is 16.5. The zero-order valence-electron chi connectivity index (χ0n) is 13.9. The highest BCUT2D eigenvalue weighted by Gasteiger charge is 2.47. The number of aryl methyl sites for hydroxylation is 2. The first-order chi connectivity index (χ1) is 11.0. The standard InChI is InChI=1S/C19H25NO3/c1-19(2,18(21)20-16-11-17-15(16)8-9-22-17)23-14-7-6-12-4-3-5-13(12)10-14/h6-7,10,15-17H,3-5,8-9,11H2,1-2H3,(H,20,21)/t15-,16+,17+/m1/s1. The summed E-state index contributed by atoms with van der Waals surface area (Å²) in [6, 6.07) is 6.47. The summed E-state index contributed by atoms with van der Waals surface area (Å²) in [7, 11) is 0. The number of fused-ring (bicyclic) bond motifs is 2. The second-order valence-electron chi connectivity index (χ2n) is 7.57. The van der Waals surface area contributed by atoms with Crippen LogP contribution < -0.4 is 10.1 Å². The van der Waals surface area contributed by atoms with Crippen LogP contribution in [0.1, 0.15) is 44.2 Å². The van der Waals surface area contributed by atoms with Crippen LogP contribution in [0.25, 0.3) is 0 Å². The number of hydrogen-bond donors (Lipinski definition) is 1. The predicted octanol–water partition coefficient (Wildman–Crippen LogP) is 2.63. The molecule has 1 aliphatic heterocycles. The summed E-state index contributed by atoms with van der Waals surface area (Å²) in [5.41, 5.74) is 1.92. The topological polar surface area (TPSA) is 47.6 Å². The van der Waals surface area contributed by atoms with Crippen LogP contribution in [0.3, 0.4) is 0 Å². The van der Waals surface area contributed by atoms with Crippen molar-refractivity contribution >= 4 is 5.91 Å². The van der Waals surface area contributed by atoms with Gasteiger partial charge in [-0.1, -0.05) is 6.07 Å². The van der Waals surface area contributed by atoms with Crippen molar-refractivity contribution in [1.29, 1.82) is 0 Å². The summed E-state index contributed by atoms with van der Waals surface area (Å²) >= 11 is 0. The first-order valence-electron chi connectivity index (χ1n) is 8.76.